The van der Waals surface area contributed by atoms with Gasteiger partial charge in [0.05, 0.1) is 17.5 Å². The first-order valence-electron chi connectivity index (χ1n) is 12.8. The van der Waals surface area contributed by atoms with Gasteiger partial charge in [0.2, 0.25) is 11.8 Å². The number of hydrogen-bond donors (Lipinski definition) is 2. The fourth-order valence-electron chi connectivity index (χ4n) is 5.07. The third-order valence-electron chi connectivity index (χ3n) is 7.27. The summed E-state index contributed by atoms with van der Waals surface area (Å²) < 4.78 is 14.1. The molecule has 3 aromatic rings. The van der Waals surface area contributed by atoms with Crippen molar-refractivity contribution in [3.8, 4) is 16.9 Å². The average Bonchev–Trinajstić information content (AvgIpc) is 3.40. The van der Waals surface area contributed by atoms with Crippen LogP contribution in [0.15, 0.2) is 66.7 Å². The summed E-state index contributed by atoms with van der Waals surface area (Å²) in [4.78, 5) is 31.8. The number of halogens is 2. The standard InChI is InChI=1S/C29H30ClFN4O3/c30-25-17-22(7-10-27(25)36)32-29(38)21-11-12-33(18-21)19-28(37)35-15-13-34(14-16-35)23-8-5-20(6-9-23)24-3-1-2-4-26(24)31/h1-10,17,21,36H,11-16,18-19H2,(H,32,38)/t21-/m1/s1. The number of phenols is 1. The van der Waals surface area contributed by atoms with Gasteiger partial charge in [-0.3, -0.25) is 14.5 Å². The van der Waals surface area contributed by atoms with Gasteiger partial charge in [0.25, 0.3) is 0 Å². The molecule has 2 fully saturated rings. The summed E-state index contributed by atoms with van der Waals surface area (Å²) in [6.07, 6.45) is 0.682. The van der Waals surface area contributed by atoms with Gasteiger partial charge in [-0.15, -0.1) is 0 Å². The number of piperazine rings is 1. The van der Waals surface area contributed by atoms with Crippen molar-refractivity contribution in [2.45, 2.75) is 6.42 Å². The lowest BCUT2D eigenvalue weighted by atomic mass is 10.0. The van der Waals surface area contributed by atoms with Crippen molar-refractivity contribution in [2.24, 2.45) is 5.92 Å². The second-order valence-corrected chi connectivity index (χ2v) is 10.2. The number of nitrogens with one attached hydrogen (secondary N) is 1. The van der Waals surface area contributed by atoms with Gasteiger partial charge >= 0.3 is 0 Å². The van der Waals surface area contributed by atoms with E-state index in [9.17, 15) is 19.1 Å². The van der Waals surface area contributed by atoms with Crippen LogP contribution in [-0.2, 0) is 9.59 Å². The highest BCUT2D eigenvalue weighted by molar-refractivity contribution is 6.32. The van der Waals surface area contributed by atoms with Crippen LogP contribution in [0.5, 0.6) is 5.75 Å². The lowest BCUT2D eigenvalue weighted by Crippen LogP contribution is -2.51. The number of nitrogens with zero attached hydrogens (tertiary/aromatic N) is 3. The van der Waals surface area contributed by atoms with Crippen LogP contribution in [0.2, 0.25) is 5.02 Å². The van der Waals surface area contributed by atoms with Gasteiger partial charge in [0.15, 0.2) is 0 Å². The molecule has 2 saturated heterocycles. The molecule has 2 heterocycles. The zero-order chi connectivity index (χ0) is 26.6. The van der Waals surface area contributed by atoms with Gasteiger partial charge in [0, 0.05) is 49.7 Å². The van der Waals surface area contributed by atoms with Crippen molar-refractivity contribution < 1.29 is 19.1 Å². The zero-order valence-electron chi connectivity index (χ0n) is 20.9. The Balaban J connectivity index is 1.08. The molecular formula is C29H30ClFN4O3. The second kappa shape index (κ2) is 11.4. The Hall–Kier alpha value is -3.62. The van der Waals surface area contributed by atoms with E-state index >= 15 is 0 Å². The number of amides is 2. The Morgan fingerprint density at radius 2 is 1.71 bits per heavy atom. The monoisotopic (exact) mass is 536 g/mol. The van der Waals surface area contributed by atoms with Crippen LogP contribution < -0.4 is 10.2 Å². The van der Waals surface area contributed by atoms with Gasteiger partial charge in [-0.05, 0) is 54.9 Å². The van der Waals surface area contributed by atoms with Crippen molar-refractivity contribution in [2.75, 3.05) is 56.0 Å². The number of anilines is 2. The molecule has 0 bridgehead atoms. The summed E-state index contributed by atoms with van der Waals surface area (Å²) in [5.74, 6) is -0.518. The zero-order valence-corrected chi connectivity index (χ0v) is 21.7. The van der Waals surface area contributed by atoms with Crippen LogP contribution in [0.1, 0.15) is 6.42 Å². The Morgan fingerprint density at radius 3 is 2.42 bits per heavy atom. The Bertz CT molecular complexity index is 1310. The molecule has 0 unspecified atom stereocenters. The third-order valence-corrected chi connectivity index (χ3v) is 7.57. The lowest BCUT2D eigenvalue weighted by molar-refractivity contribution is -0.132. The second-order valence-electron chi connectivity index (χ2n) is 9.77. The third kappa shape index (κ3) is 5.92. The molecule has 3 aromatic carbocycles. The van der Waals surface area contributed by atoms with E-state index in [-0.39, 0.29) is 34.3 Å². The van der Waals surface area contributed by atoms with Crippen molar-refractivity contribution in [3.05, 3.63) is 77.6 Å². The number of carbonyl (C=O) groups is 2. The Morgan fingerprint density at radius 1 is 0.974 bits per heavy atom. The largest absolute Gasteiger partial charge is 0.506 e. The predicted octanol–water partition coefficient (Wildman–Crippen LogP) is 4.46. The Kier molecular flexibility index (Phi) is 7.81. The molecule has 0 radical (unpaired) electrons. The molecular weight excluding hydrogens is 507 g/mol. The van der Waals surface area contributed by atoms with Crippen LogP contribution in [0, 0.1) is 11.7 Å². The van der Waals surface area contributed by atoms with Gasteiger partial charge in [-0.25, -0.2) is 4.39 Å². The molecule has 0 aliphatic carbocycles. The van der Waals surface area contributed by atoms with E-state index < -0.39 is 0 Å². The van der Waals surface area contributed by atoms with Crippen LogP contribution in [0.4, 0.5) is 15.8 Å². The highest BCUT2D eigenvalue weighted by atomic mass is 35.5. The molecule has 7 nitrogen and oxygen atoms in total. The summed E-state index contributed by atoms with van der Waals surface area (Å²) in [6, 6.07) is 19.2. The van der Waals surface area contributed by atoms with Gasteiger partial charge in [0.1, 0.15) is 11.6 Å². The number of carbonyl (C=O) groups excluding carboxylic acids is 2. The van der Waals surface area contributed by atoms with Crippen LogP contribution in [0.3, 0.4) is 0 Å². The molecule has 0 saturated carbocycles. The van der Waals surface area contributed by atoms with Crippen molar-refractivity contribution >= 4 is 34.8 Å². The first-order valence-corrected chi connectivity index (χ1v) is 13.1. The molecule has 5 rings (SSSR count). The summed E-state index contributed by atoms with van der Waals surface area (Å²) >= 11 is 5.92. The van der Waals surface area contributed by atoms with E-state index in [0.29, 0.717) is 50.4 Å². The quantitative estimate of drug-likeness (QED) is 0.455. The first kappa shape index (κ1) is 26.0. The fourth-order valence-corrected chi connectivity index (χ4v) is 5.25. The van der Waals surface area contributed by atoms with Gasteiger partial charge < -0.3 is 20.2 Å². The maximum atomic E-state index is 14.1. The highest BCUT2D eigenvalue weighted by Gasteiger charge is 2.31. The maximum Gasteiger partial charge on any atom is 0.236 e. The fraction of sp³-hybridized carbons (Fsp3) is 0.310. The highest BCUT2D eigenvalue weighted by Crippen LogP contribution is 2.28. The lowest BCUT2D eigenvalue weighted by Gasteiger charge is -2.36. The molecule has 198 valence electrons. The number of hydrogen-bond acceptors (Lipinski definition) is 5. The minimum atomic E-state index is -0.236. The minimum absolute atomic E-state index is 0.0336. The van der Waals surface area contributed by atoms with E-state index in [1.165, 1.54) is 18.2 Å². The molecule has 2 N–H and O–H groups in total. The number of likely N-dealkylation sites (tertiary alicyclic amines) is 1. The van der Waals surface area contributed by atoms with Crippen LogP contribution in [-0.4, -0.2) is 72.5 Å². The van der Waals surface area contributed by atoms with E-state index in [1.807, 2.05) is 40.1 Å². The summed E-state index contributed by atoms with van der Waals surface area (Å²) in [6.45, 7) is 4.23. The smallest absolute Gasteiger partial charge is 0.236 e. The molecule has 2 amide bonds. The van der Waals surface area contributed by atoms with Gasteiger partial charge in [-0.2, -0.15) is 0 Å². The summed E-state index contributed by atoms with van der Waals surface area (Å²) in [7, 11) is 0. The van der Waals surface area contributed by atoms with Crippen LogP contribution >= 0.6 is 11.6 Å². The molecule has 1 atom stereocenters. The summed E-state index contributed by atoms with van der Waals surface area (Å²) in [5, 5.41) is 12.6. The number of phenolic OH excluding ortho intramolecular Hbond substituents is 1. The maximum absolute atomic E-state index is 14.1. The molecule has 0 aromatic heterocycles. The number of benzene rings is 3. The predicted molar refractivity (Wildman–Crippen MR) is 147 cm³/mol. The average molecular weight is 537 g/mol. The SMILES string of the molecule is O=C(Nc1ccc(O)c(Cl)c1)[C@@H]1CCN(CC(=O)N2CCN(c3ccc(-c4ccccc4F)cc3)CC2)C1. The topological polar surface area (TPSA) is 76.1 Å². The van der Waals surface area contributed by atoms with E-state index in [2.05, 4.69) is 10.2 Å². The van der Waals surface area contributed by atoms with Crippen molar-refractivity contribution in [3.63, 3.8) is 0 Å². The van der Waals surface area contributed by atoms with E-state index in [1.54, 1.807) is 18.2 Å². The van der Waals surface area contributed by atoms with Crippen molar-refractivity contribution in [1.82, 2.24) is 9.80 Å². The van der Waals surface area contributed by atoms with E-state index in [0.717, 1.165) is 24.3 Å². The van der Waals surface area contributed by atoms with Crippen LogP contribution in [0.25, 0.3) is 11.1 Å². The number of rotatable bonds is 6. The summed E-state index contributed by atoms with van der Waals surface area (Å²) in [5.41, 5.74) is 3.01. The van der Waals surface area contributed by atoms with Gasteiger partial charge in [-0.1, -0.05) is 41.9 Å². The number of aromatic hydroxyl groups is 1. The van der Waals surface area contributed by atoms with Crippen molar-refractivity contribution in [1.29, 1.82) is 0 Å². The molecule has 2 aliphatic rings. The molecule has 0 spiro atoms. The minimum Gasteiger partial charge on any atom is -0.506 e. The van der Waals surface area contributed by atoms with E-state index in [4.69, 9.17) is 11.6 Å². The normalized spacial score (nSPS) is 18.0. The Labute approximate surface area is 226 Å². The molecule has 2 aliphatic heterocycles. The first-order chi connectivity index (χ1) is 18.4. The molecule has 9 heteroatoms. The molecule has 38 heavy (non-hydrogen) atoms.